The summed E-state index contributed by atoms with van der Waals surface area (Å²) < 4.78 is 12.7. The summed E-state index contributed by atoms with van der Waals surface area (Å²) in [5.41, 5.74) is 1.76. The number of aryl methyl sites for hydroxylation is 1. The summed E-state index contributed by atoms with van der Waals surface area (Å²) in [5.74, 6) is 0.118. The van der Waals surface area contributed by atoms with Crippen LogP contribution in [0.5, 0.6) is 5.88 Å². The Morgan fingerprint density at radius 1 is 1.25 bits per heavy atom. The van der Waals surface area contributed by atoms with Crippen LogP contribution in [0.4, 0.5) is 0 Å². The van der Waals surface area contributed by atoms with E-state index in [2.05, 4.69) is 31.9 Å². The van der Waals surface area contributed by atoms with Gasteiger partial charge in [-0.3, -0.25) is 4.79 Å². The number of nitroso groups, excluding NO2 is 1. The van der Waals surface area contributed by atoms with Gasteiger partial charge in [0, 0.05) is 36.0 Å². The maximum atomic E-state index is 13.6. The lowest BCUT2D eigenvalue weighted by Gasteiger charge is -2.17. The van der Waals surface area contributed by atoms with Crippen LogP contribution in [0.1, 0.15) is 44.2 Å². The number of aromatic nitrogens is 1. The Kier molecular flexibility index (Phi) is 13.4. The fourth-order valence-corrected chi connectivity index (χ4v) is 5.35. The number of nitrogens with zero attached hydrogens (tertiary/aromatic N) is 4. The molecule has 1 aliphatic rings. The molecule has 10 nitrogen and oxygen atoms in total. The Labute approximate surface area is 244 Å². The number of amides is 1. The number of nitrogens with one attached hydrogen (secondary N) is 1. The Morgan fingerprint density at radius 2 is 2.05 bits per heavy atom. The van der Waals surface area contributed by atoms with Gasteiger partial charge in [-0.05, 0) is 43.0 Å². The van der Waals surface area contributed by atoms with Gasteiger partial charge >= 0.3 is 0 Å². The first-order chi connectivity index (χ1) is 19.5. The van der Waals surface area contributed by atoms with Crippen molar-refractivity contribution >= 4 is 35.3 Å². The Bertz CT molecular complexity index is 1170. The third-order valence-electron chi connectivity index (χ3n) is 5.85. The number of carbonyl (C=O) groups excluding carboxylic acids is 1. The second-order valence-corrected chi connectivity index (χ2v) is 11.1. The average molecular weight is 588 g/mol. The number of rotatable bonds is 16. The molecule has 0 bridgehead atoms. The maximum absolute atomic E-state index is 13.6. The number of allylic oxidation sites excluding steroid dienone is 1. The number of pyridine rings is 1. The van der Waals surface area contributed by atoms with Crippen molar-refractivity contribution in [3.63, 3.8) is 0 Å². The van der Waals surface area contributed by atoms with Crippen LogP contribution < -0.4 is 10.1 Å². The van der Waals surface area contributed by atoms with Crippen molar-refractivity contribution in [1.82, 2.24) is 14.6 Å². The lowest BCUT2D eigenvalue weighted by Crippen LogP contribution is -2.31. The summed E-state index contributed by atoms with van der Waals surface area (Å²) in [6, 6.07) is 11.3. The zero-order valence-corrected chi connectivity index (χ0v) is 25.1. The smallest absolute Gasteiger partial charge is 0.278 e. The van der Waals surface area contributed by atoms with Crippen molar-refractivity contribution in [1.29, 1.82) is 0 Å². The third kappa shape index (κ3) is 9.92. The molecule has 1 aliphatic heterocycles. The first kappa shape index (κ1) is 31.6. The molecule has 1 amide bonds. The zero-order valence-electron chi connectivity index (χ0n) is 23.4. The van der Waals surface area contributed by atoms with E-state index >= 15 is 0 Å². The van der Waals surface area contributed by atoms with Crippen molar-refractivity contribution in [2.45, 2.75) is 56.1 Å². The number of ether oxygens (including phenoxy) is 2. The molecule has 12 heteroatoms. The highest BCUT2D eigenvalue weighted by molar-refractivity contribution is 8.03. The minimum absolute atomic E-state index is 0.166. The van der Waals surface area contributed by atoms with Gasteiger partial charge in [0.2, 0.25) is 5.88 Å². The van der Waals surface area contributed by atoms with Crippen molar-refractivity contribution in [2.24, 2.45) is 10.3 Å². The van der Waals surface area contributed by atoms with Crippen LogP contribution in [0.3, 0.4) is 0 Å². The molecule has 0 spiro atoms. The number of carbonyl (C=O) groups is 1. The van der Waals surface area contributed by atoms with Gasteiger partial charge in [-0.15, -0.1) is 0 Å². The first-order valence-corrected chi connectivity index (χ1v) is 14.9. The summed E-state index contributed by atoms with van der Waals surface area (Å²) in [4.78, 5) is 35.4. The highest BCUT2D eigenvalue weighted by atomic mass is 32.2. The molecule has 1 aromatic carbocycles. The molecule has 0 unspecified atom stereocenters. The Morgan fingerprint density at radius 3 is 2.70 bits per heavy atom. The van der Waals surface area contributed by atoms with Crippen LogP contribution in [0.15, 0.2) is 67.8 Å². The molecule has 1 aromatic heterocycles. The average Bonchev–Trinajstić information content (AvgIpc) is 3.49. The Hall–Kier alpha value is -2.93. The fourth-order valence-electron chi connectivity index (χ4n) is 3.57. The number of thioether (sulfide) groups is 1. The molecule has 2 aromatic rings. The SMILES string of the molecule is CCC/C=C(\NC(=O)/C(=N/O[C@@H]1CCOC1)c1ccc(SN(CC)CCN=O)cc1)Sc1nc(OC)ccc1C. The lowest BCUT2D eigenvalue weighted by atomic mass is 10.1. The number of hydrogen-bond acceptors (Lipinski definition) is 11. The predicted molar refractivity (Wildman–Crippen MR) is 160 cm³/mol. The molecular weight excluding hydrogens is 550 g/mol. The van der Waals surface area contributed by atoms with E-state index in [1.54, 1.807) is 7.11 Å². The van der Waals surface area contributed by atoms with Crippen LogP contribution in [0.2, 0.25) is 0 Å². The van der Waals surface area contributed by atoms with E-state index in [0.717, 1.165) is 41.3 Å². The van der Waals surface area contributed by atoms with Gasteiger partial charge in [0.25, 0.3) is 5.91 Å². The van der Waals surface area contributed by atoms with Gasteiger partial charge in [-0.25, -0.2) is 9.29 Å². The lowest BCUT2D eigenvalue weighted by molar-refractivity contribution is -0.114. The van der Waals surface area contributed by atoms with E-state index in [1.165, 1.54) is 23.7 Å². The van der Waals surface area contributed by atoms with Crippen LogP contribution in [-0.4, -0.2) is 67.0 Å². The van der Waals surface area contributed by atoms with Crippen LogP contribution in [-0.2, 0) is 14.4 Å². The summed E-state index contributed by atoms with van der Waals surface area (Å²) in [6.45, 7) is 8.67. The summed E-state index contributed by atoms with van der Waals surface area (Å²) in [7, 11) is 1.58. The molecule has 3 rings (SSSR count). The molecule has 0 saturated carbocycles. The number of likely N-dealkylation sites (N-methyl/N-ethyl adjacent to an activating group) is 1. The van der Waals surface area contributed by atoms with E-state index in [1.807, 2.05) is 56.3 Å². The second-order valence-electron chi connectivity index (χ2n) is 8.91. The molecule has 1 saturated heterocycles. The minimum atomic E-state index is -0.387. The first-order valence-electron chi connectivity index (χ1n) is 13.3. The van der Waals surface area contributed by atoms with Gasteiger partial charge in [-0.2, -0.15) is 4.91 Å². The molecule has 2 heterocycles. The molecule has 0 radical (unpaired) electrons. The normalized spacial score (nSPS) is 15.8. The van der Waals surface area contributed by atoms with Gasteiger partial charge < -0.3 is 19.6 Å². The van der Waals surface area contributed by atoms with E-state index in [-0.39, 0.29) is 24.3 Å². The number of hydrogen-bond donors (Lipinski definition) is 1. The highest BCUT2D eigenvalue weighted by Crippen LogP contribution is 2.29. The molecule has 0 aliphatic carbocycles. The fraction of sp³-hybridized carbons (Fsp3) is 0.464. The van der Waals surface area contributed by atoms with E-state index in [0.29, 0.717) is 36.2 Å². The predicted octanol–water partition coefficient (Wildman–Crippen LogP) is 5.55. The second kappa shape index (κ2) is 17.0. The summed E-state index contributed by atoms with van der Waals surface area (Å²) in [5, 5.41) is 11.7. The quantitative estimate of drug-likeness (QED) is 0.0887. The molecule has 1 atom stereocenters. The van der Waals surface area contributed by atoms with Gasteiger partial charge in [0.15, 0.2) is 11.8 Å². The molecule has 1 fully saturated rings. The monoisotopic (exact) mass is 587 g/mol. The summed E-state index contributed by atoms with van der Waals surface area (Å²) >= 11 is 2.90. The molecule has 40 heavy (non-hydrogen) atoms. The van der Waals surface area contributed by atoms with Crippen molar-refractivity contribution in [3.05, 3.63) is 63.5 Å². The topological polar surface area (TPSA) is 115 Å². The minimum Gasteiger partial charge on any atom is -0.481 e. The number of methoxy groups -OCH3 is 1. The van der Waals surface area contributed by atoms with Crippen LogP contribution in [0, 0.1) is 11.8 Å². The zero-order chi connectivity index (χ0) is 28.7. The summed E-state index contributed by atoms with van der Waals surface area (Å²) in [6.07, 6.45) is 4.21. The standard InChI is InChI=1S/C28H37N5O5S2/c1-5-7-8-25(39-28-20(3)9-14-24(30-28)36-4)31-27(34)26(32-38-22-15-18-37-19-22)21-10-12-23(13-11-21)40-33(6-2)17-16-29-35/h8-14,22H,5-7,15-19H2,1-4H3,(H,31,34)/b25-8+,32-26+/t22-/m1/s1. The van der Waals surface area contributed by atoms with Gasteiger partial charge in [0.05, 0.1) is 31.9 Å². The van der Waals surface area contributed by atoms with Crippen molar-refractivity contribution in [2.75, 3.05) is 40.0 Å². The largest absolute Gasteiger partial charge is 0.481 e. The van der Waals surface area contributed by atoms with Crippen molar-refractivity contribution in [3.8, 4) is 5.88 Å². The molecular formula is C28H37N5O5S2. The van der Waals surface area contributed by atoms with Crippen LogP contribution in [0.25, 0.3) is 0 Å². The number of benzene rings is 1. The molecule has 216 valence electrons. The highest BCUT2D eigenvalue weighted by Gasteiger charge is 2.22. The van der Waals surface area contributed by atoms with Crippen LogP contribution >= 0.6 is 23.7 Å². The molecule has 1 N–H and O–H groups in total. The number of unbranched alkanes of at least 4 members (excludes halogenated alkanes) is 1. The van der Waals surface area contributed by atoms with E-state index in [4.69, 9.17) is 14.3 Å². The Balaban J connectivity index is 1.83. The maximum Gasteiger partial charge on any atom is 0.278 e. The number of oxime groups is 1. The van der Waals surface area contributed by atoms with Gasteiger partial charge in [0.1, 0.15) is 5.03 Å². The van der Waals surface area contributed by atoms with E-state index in [9.17, 15) is 9.70 Å². The van der Waals surface area contributed by atoms with E-state index < -0.39 is 0 Å². The third-order valence-corrected chi connectivity index (χ3v) is 8.12. The van der Waals surface area contributed by atoms with Crippen molar-refractivity contribution < 1.29 is 19.1 Å². The van der Waals surface area contributed by atoms with Gasteiger partial charge in [-0.1, -0.05) is 66.6 Å².